The number of fused-ring (bicyclic) bond motifs is 1. The molecule has 1 fully saturated rings. The van der Waals surface area contributed by atoms with Crippen molar-refractivity contribution in [2.75, 3.05) is 38.2 Å². The van der Waals surface area contributed by atoms with Crippen molar-refractivity contribution in [1.29, 1.82) is 0 Å². The van der Waals surface area contributed by atoms with Gasteiger partial charge in [-0.15, -0.1) is 0 Å². The number of carbonyl (C=O) groups is 2. The lowest BCUT2D eigenvalue weighted by Crippen LogP contribution is -2.40. The Morgan fingerprint density at radius 2 is 1.81 bits per heavy atom. The summed E-state index contributed by atoms with van der Waals surface area (Å²) in [5.74, 6) is -0.726. The highest BCUT2D eigenvalue weighted by Gasteiger charge is 2.32. The third-order valence-corrected chi connectivity index (χ3v) is 7.44. The lowest BCUT2D eigenvalue weighted by Gasteiger charge is -2.27. The Morgan fingerprint density at radius 3 is 2.48 bits per heavy atom. The van der Waals surface area contributed by atoms with Gasteiger partial charge < -0.3 is 10.1 Å². The molecule has 0 aliphatic carbocycles. The minimum Gasteiger partial charge on any atom is -0.379 e. The summed E-state index contributed by atoms with van der Waals surface area (Å²) in [7, 11) is -3.70. The molecule has 8 nitrogen and oxygen atoms in total. The second-order valence-corrected chi connectivity index (χ2v) is 9.33. The number of anilines is 1. The molecule has 162 valence electrons. The van der Waals surface area contributed by atoms with Crippen molar-refractivity contribution in [1.82, 2.24) is 9.21 Å². The van der Waals surface area contributed by atoms with Crippen LogP contribution in [0.5, 0.6) is 0 Å². The topological polar surface area (TPSA) is 96.0 Å². The van der Waals surface area contributed by atoms with Crippen LogP contribution in [-0.4, -0.2) is 62.3 Å². The quantitative estimate of drug-likeness (QED) is 0.767. The molecule has 2 aromatic carbocycles. The van der Waals surface area contributed by atoms with E-state index in [0.717, 1.165) is 0 Å². The molecule has 0 unspecified atom stereocenters. The summed E-state index contributed by atoms with van der Waals surface area (Å²) in [6.45, 7) is 6.71. The van der Waals surface area contributed by atoms with Crippen molar-refractivity contribution < 1.29 is 22.7 Å². The molecule has 31 heavy (non-hydrogen) atoms. The lowest BCUT2D eigenvalue weighted by atomic mass is 10.1. The number of nitrogens with zero attached hydrogens (tertiary/aromatic N) is 2. The highest BCUT2D eigenvalue weighted by atomic mass is 32.2. The number of ether oxygens (including phenoxy) is 1. The molecule has 0 radical (unpaired) electrons. The van der Waals surface area contributed by atoms with Crippen LogP contribution in [0, 0.1) is 6.92 Å². The van der Waals surface area contributed by atoms with E-state index in [1.165, 1.54) is 15.3 Å². The lowest BCUT2D eigenvalue weighted by molar-refractivity contribution is -0.116. The Hall–Kier alpha value is -3.01. The van der Waals surface area contributed by atoms with Crippen LogP contribution in [0.3, 0.4) is 0 Å². The molecule has 2 aliphatic heterocycles. The Balaban J connectivity index is 1.50. The first kappa shape index (κ1) is 21.2. The molecule has 2 heterocycles. The molecule has 9 heteroatoms. The van der Waals surface area contributed by atoms with Crippen LogP contribution in [0.2, 0.25) is 0 Å². The second kappa shape index (κ2) is 8.26. The van der Waals surface area contributed by atoms with Crippen LogP contribution in [0.25, 0.3) is 5.70 Å². The maximum absolute atomic E-state index is 13.0. The fraction of sp³-hybridized carbons (Fsp3) is 0.273. The zero-order valence-electron chi connectivity index (χ0n) is 17.1. The van der Waals surface area contributed by atoms with Crippen molar-refractivity contribution in [3.8, 4) is 0 Å². The predicted octanol–water partition coefficient (Wildman–Crippen LogP) is 2.08. The number of benzene rings is 2. The van der Waals surface area contributed by atoms with E-state index in [1.54, 1.807) is 37.3 Å². The average molecular weight is 442 g/mol. The van der Waals surface area contributed by atoms with Crippen molar-refractivity contribution >= 4 is 33.2 Å². The summed E-state index contributed by atoms with van der Waals surface area (Å²) >= 11 is 0. The summed E-state index contributed by atoms with van der Waals surface area (Å²) in [4.78, 5) is 26.7. The van der Waals surface area contributed by atoms with Gasteiger partial charge in [-0.3, -0.25) is 14.5 Å². The molecular weight excluding hydrogens is 418 g/mol. The Labute approximate surface area is 181 Å². The number of aryl methyl sites for hydroxylation is 1. The highest BCUT2D eigenvalue weighted by Crippen LogP contribution is 2.31. The van der Waals surface area contributed by atoms with E-state index >= 15 is 0 Å². The molecule has 0 saturated carbocycles. The number of hydrogen-bond acceptors (Lipinski definition) is 5. The first-order valence-electron chi connectivity index (χ1n) is 9.87. The van der Waals surface area contributed by atoms with Crippen LogP contribution in [-0.2, 0) is 19.6 Å². The van der Waals surface area contributed by atoms with E-state index in [4.69, 9.17) is 4.74 Å². The van der Waals surface area contributed by atoms with Crippen molar-refractivity contribution in [3.05, 3.63) is 65.7 Å². The third-order valence-electron chi connectivity index (χ3n) is 5.40. The van der Waals surface area contributed by atoms with Crippen molar-refractivity contribution in [2.24, 2.45) is 0 Å². The monoisotopic (exact) mass is 441 g/mol. The van der Waals surface area contributed by atoms with Gasteiger partial charge >= 0.3 is 0 Å². The number of carbonyl (C=O) groups excluding carboxylic acids is 2. The van der Waals surface area contributed by atoms with Gasteiger partial charge in [-0.1, -0.05) is 30.8 Å². The minimum atomic E-state index is -3.70. The van der Waals surface area contributed by atoms with Gasteiger partial charge in [0.1, 0.15) is 6.54 Å². The number of rotatable bonds is 5. The molecular formula is C22H23N3O5S. The van der Waals surface area contributed by atoms with Gasteiger partial charge in [-0.25, -0.2) is 8.42 Å². The van der Waals surface area contributed by atoms with Gasteiger partial charge in [-0.05, 0) is 30.7 Å². The summed E-state index contributed by atoms with van der Waals surface area (Å²) in [5.41, 5.74) is 2.61. The molecule has 2 amide bonds. The Bertz CT molecular complexity index is 1130. The van der Waals surface area contributed by atoms with Crippen LogP contribution in [0.15, 0.2) is 53.9 Å². The zero-order valence-corrected chi connectivity index (χ0v) is 17.9. The number of nitrogens with one attached hydrogen (secondary N) is 1. The number of hydrogen-bond donors (Lipinski definition) is 1. The molecule has 0 bridgehead atoms. The van der Waals surface area contributed by atoms with Crippen LogP contribution in [0.1, 0.15) is 21.5 Å². The predicted molar refractivity (Wildman–Crippen MR) is 116 cm³/mol. The van der Waals surface area contributed by atoms with E-state index in [2.05, 4.69) is 11.9 Å². The molecule has 0 aromatic heterocycles. The van der Waals surface area contributed by atoms with E-state index in [9.17, 15) is 18.0 Å². The molecule has 1 N–H and O–H groups in total. The fourth-order valence-electron chi connectivity index (χ4n) is 3.73. The average Bonchev–Trinajstić information content (AvgIpc) is 3.00. The van der Waals surface area contributed by atoms with Gasteiger partial charge in [0.05, 0.1) is 18.1 Å². The largest absolute Gasteiger partial charge is 0.379 e. The second-order valence-electron chi connectivity index (χ2n) is 7.43. The van der Waals surface area contributed by atoms with Crippen LogP contribution in [0.4, 0.5) is 5.69 Å². The molecule has 0 spiro atoms. The van der Waals surface area contributed by atoms with E-state index in [1.807, 2.05) is 6.07 Å². The molecule has 0 atom stereocenters. The maximum Gasteiger partial charge on any atom is 0.259 e. The normalized spacial score (nSPS) is 17.0. The van der Waals surface area contributed by atoms with Gasteiger partial charge in [-0.2, -0.15) is 4.31 Å². The number of amides is 2. The third kappa shape index (κ3) is 3.99. The van der Waals surface area contributed by atoms with Gasteiger partial charge in [0.2, 0.25) is 15.9 Å². The highest BCUT2D eigenvalue weighted by molar-refractivity contribution is 7.89. The number of sulfonamides is 1. The molecule has 1 saturated heterocycles. The molecule has 2 aromatic rings. The fourth-order valence-corrected chi connectivity index (χ4v) is 5.39. The summed E-state index contributed by atoms with van der Waals surface area (Å²) in [6.07, 6.45) is 0. The summed E-state index contributed by atoms with van der Waals surface area (Å²) in [5, 5.41) is 2.70. The Morgan fingerprint density at radius 1 is 1.13 bits per heavy atom. The van der Waals surface area contributed by atoms with Crippen molar-refractivity contribution in [2.45, 2.75) is 11.8 Å². The number of morpholine rings is 1. The summed E-state index contributed by atoms with van der Waals surface area (Å²) < 4.78 is 32.7. The molecule has 4 rings (SSSR count). The van der Waals surface area contributed by atoms with Crippen molar-refractivity contribution in [3.63, 3.8) is 0 Å². The van der Waals surface area contributed by atoms with Gasteiger partial charge in [0.15, 0.2) is 0 Å². The first-order chi connectivity index (χ1) is 14.8. The van der Waals surface area contributed by atoms with Gasteiger partial charge in [0.25, 0.3) is 5.91 Å². The SMILES string of the molecule is C=C1c2ccccc2C(=O)N1CC(=O)Nc1ccc(C)c(S(=O)(=O)N2CCOCC2)c1. The first-order valence-corrected chi connectivity index (χ1v) is 11.3. The van der Waals surface area contributed by atoms with Crippen LogP contribution < -0.4 is 5.32 Å². The minimum absolute atomic E-state index is 0.140. The van der Waals surface area contributed by atoms with E-state index in [0.29, 0.717) is 41.3 Å². The Kier molecular flexibility index (Phi) is 5.65. The maximum atomic E-state index is 13.0. The zero-order chi connectivity index (χ0) is 22.2. The summed E-state index contributed by atoms with van der Waals surface area (Å²) in [6, 6.07) is 11.8. The van der Waals surface area contributed by atoms with E-state index in [-0.39, 0.29) is 30.4 Å². The smallest absolute Gasteiger partial charge is 0.259 e. The standard InChI is InChI=1S/C22H23N3O5S/c1-15-7-8-17(13-20(15)31(28,29)24-9-11-30-12-10-24)23-21(26)14-25-16(2)18-5-3-4-6-19(18)22(25)27/h3-8,13H,2,9-12,14H2,1H3,(H,23,26). The molecule has 2 aliphatic rings. The van der Waals surface area contributed by atoms with E-state index < -0.39 is 15.9 Å². The van der Waals surface area contributed by atoms with Crippen LogP contribution >= 0.6 is 0 Å². The van der Waals surface area contributed by atoms with Gasteiger partial charge in [0, 0.05) is 35.6 Å².